The molecule has 0 saturated heterocycles. The number of hydrogen-bond acceptors (Lipinski definition) is 3. The number of hydrogen-bond donors (Lipinski definition) is 1. The Labute approximate surface area is 119 Å². The Balaban J connectivity index is 2.67. The third-order valence-electron chi connectivity index (χ3n) is 4.56. The second-order valence-corrected chi connectivity index (χ2v) is 5.90. The van der Waals surface area contributed by atoms with Crippen molar-refractivity contribution in [1.29, 1.82) is 5.26 Å². The highest BCUT2D eigenvalue weighted by Crippen LogP contribution is 2.40. The summed E-state index contributed by atoms with van der Waals surface area (Å²) in [5.41, 5.74) is -0.309. The van der Waals surface area contributed by atoms with Crippen LogP contribution < -0.4 is 5.32 Å². The minimum absolute atomic E-state index is 0.309. The lowest BCUT2D eigenvalue weighted by atomic mass is 9.93. The summed E-state index contributed by atoms with van der Waals surface area (Å²) in [5.74, 6) is 1.32. The minimum atomic E-state index is -0.309. The van der Waals surface area contributed by atoms with Gasteiger partial charge in [-0.2, -0.15) is 5.26 Å². The van der Waals surface area contributed by atoms with Crippen molar-refractivity contribution in [3.8, 4) is 6.07 Å². The van der Waals surface area contributed by atoms with Crippen molar-refractivity contribution < 1.29 is 0 Å². The van der Waals surface area contributed by atoms with E-state index >= 15 is 0 Å². The SMILES string of the molecule is CCNC(C#N)(CN(CC)CC(CC)CC)C1CC1. The smallest absolute Gasteiger partial charge is 0.122 e. The van der Waals surface area contributed by atoms with E-state index in [0.717, 1.165) is 32.1 Å². The van der Waals surface area contributed by atoms with Gasteiger partial charge in [-0.1, -0.05) is 40.5 Å². The first kappa shape index (κ1) is 16.5. The highest BCUT2D eigenvalue weighted by Gasteiger charge is 2.46. The maximum absolute atomic E-state index is 9.67. The van der Waals surface area contributed by atoms with E-state index in [1.807, 2.05) is 0 Å². The summed E-state index contributed by atoms with van der Waals surface area (Å²) in [6.45, 7) is 12.8. The van der Waals surface area contributed by atoms with E-state index in [4.69, 9.17) is 0 Å². The first-order chi connectivity index (χ1) is 9.15. The molecule has 1 fully saturated rings. The fourth-order valence-corrected chi connectivity index (χ4v) is 2.96. The fraction of sp³-hybridized carbons (Fsp3) is 0.938. The van der Waals surface area contributed by atoms with Crippen LogP contribution in [0.5, 0.6) is 0 Å². The van der Waals surface area contributed by atoms with E-state index in [1.165, 1.54) is 25.7 Å². The van der Waals surface area contributed by atoms with Gasteiger partial charge in [-0.25, -0.2) is 0 Å². The molecule has 3 nitrogen and oxygen atoms in total. The summed E-state index contributed by atoms with van der Waals surface area (Å²) in [6.07, 6.45) is 4.89. The molecule has 0 spiro atoms. The van der Waals surface area contributed by atoms with Crippen molar-refractivity contribution in [1.82, 2.24) is 10.2 Å². The lowest BCUT2D eigenvalue weighted by Gasteiger charge is -2.35. The average Bonchev–Trinajstić information content (AvgIpc) is 3.27. The van der Waals surface area contributed by atoms with Gasteiger partial charge in [-0.05, 0) is 37.8 Å². The monoisotopic (exact) mass is 265 g/mol. The van der Waals surface area contributed by atoms with Gasteiger partial charge in [0.1, 0.15) is 5.54 Å². The van der Waals surface area contributed by atoms with E-state index in [-0.39, 0.29) is 5.54 Å². The van der Waals surface area contributed by atoms with E-state index in [1.54, 1.807) is 0 Å². The molecule has 1 aliphatic carbocycles. The first-order valence-corrected chi connectivity index (χ1v) is 8.04. The number of nitrogens with one attached hydrogen (secondary N) is 1. The Bertz CT molecular complexity index is 289. The van der Waals surface area contributed by atoms with Gasteiger partial charge in [0, 0.05) is 13.1 Å². The van der Waals surface area contributed by atoms with Gasteiger partial charge in [0.2, 0.25) is 0 Å². The normalized spacial score (nSPS) is 18.6. The fourth-order valence-electron chi connectivity index (χ4n) is 2.96. The Kier molecular flexibility index (Phi) is 6.82. The van der Waals surface area contributed by atoms with Crippen LogP contribution in [-0.4, -0.2) is 36.6 Å². The highest BCUT2D eigenvalue weighted by molar-refractivity contribution is 5.16. The van der Waals surface area contributed by atoms with Gasteiger partial charge in [0.05, 0.1) is 6.07 Å². The molecule has 0 aliphatic heterocycles. The second kappa shape index (κ2) is 7.87. The quantitative estimate of drug-likeness (QED) is 0.660. The van der Waals surface area contributed by atoms with E-state index in [0.29, 0.717) is 5.92 Å². The molecule has 1 unspecified atom stereocenters. The third kappa shape index (κ3) is 4.47. The van der Waals surface area contributed by atoms with Gasteiger partial charge in [0.25, 0.3) is 0 Å². The van der Waals surface area contributed by atoms with Gasteiger partial charge in [-0.3, -0.25) is 5.32 Å². The largest absolute Gasteiger partial charge is 0.300 e. The van der Waals surface area contributed by atoms with Crippen LogP contribution in [-0.2, 0) is 0 Å². The van der Waals surface area contributed by atoms with Crippen molar-refractivity contribution in [2.75, 3.05) is 26.2 Å². The van der Waals surface area contributed by atoms with E-state index in [2.05, 4.69) is 44.0 Å². The van der Waals surface area contributed by atoms with Gasteiger partial charge >= 0.3 is 0 Å². The second-order valence-electron chi connectivity index (χ2n) is 5.90. The third-order valence-corrected chi connectivity index (χ3v) is 4.56. The summed E-state index contributed by atoms with van der Waals surface area (Å²) in [5, 5.41) is 13.2. The molecule has 0 aromatic carbocycles. The van der Waals surface area contributed by atoms with Crippen LogP contribution >= 0.6 is 0 Å². The average molecular weight is 265 g/mol. The zero-order valence-electron chi connectivity index (χ0n) is 13.2. The van der Waals surface area contributed by atoms with Crippen LogP contribution in [0, 0.1) is 23.2 Å². The molecule has 0 heterocycles. The minimum Gasteiger partial charge on any atom is -0.300 e. The summed E-state index contributed by atoms with van der Waals surface area (Å²) < 4.78 is 0. The molecule has 1 aliphatic rings. The maximum Gasteiger partial charge on any atom is 0.122 e. The van der Waals surface area contributed by atoms with Crippen molar-refractivity contribution in [3.63, 3.8) is 0 Å². The Morgan fingerprint density at radius 2 is 1.89 bits per heavy atom. The standard InChI is InChI=1S/C16H31N3/c1-5-14(6-2)11-19(8-4)13-16(12-17,18-7-3)15-9-10-15/h14-15,18H,5-11,13H2,1-4H3. The van der Waals surface area contributed by atoms with Crippen molar-refractivity contribution in [2.45, 2.75) is 58.9 Å². The van der Waals surface area contributed by atoms with Gasteiger partial charge in [-0.15, -0.1) is 0 Å². The van der Waals surface area contributed by atoms with Crippen LogP contribution in [0.4, 0.5) is 0 Å². The van der Waals surface area contributed by atoms with Gasteiger partial charge < -0.3 is 4.90 Å². The molecule has 0 radical (unpaired) electrons. The van der Waals surface area contributed by atoms with E-state index in [9.17, 15) is 5.26 Å². The van der Waals surface area contributed by atoms with Gasteiger partial charge in [0.15, 0.2) is 0 Å². The lowest BCUT2D eigenvalue weighted by molar-refractivity contribution is 0.176. The molecule has 1 atom stereocenters. The predicted molar refractivity (Wildman–Crippen MR) is 80.9 cm³/mol. The maximum atomic E-state index is 9.67. The first-order valence-electron chi connectivity index (χ1n) is 8.04. The van der Waals surface area contributed by atoms with Crippen LogP contribution in [0.15, 0.2) is 0 Å². The molecule has 0 bridgehead atoms. The summed E-state index contributed by atoms with van der Waals surface area (Å²) >= 11 is 0. The number of rotatable bonds is 10. The molecule has 1 rings (SSSR count). The molecule has 1 N–H and O–H groups in total. The molecule has 0 aromatic rings. The number of likely N-dealkylation sites (N-methyl/N-ethyl adjacent to an activating group) is 2. The van der Waals surface area contributed by atoms with Crippen LogP contribution in [0.2, 0.25) is 0 Å². The molecular weight excluding hydrogens is 234 g/mol. The Morgan fingerprint density at radius 1 is 1.26 bits per heavy atom. The summed E-state index contributed by atoms with van der Waals surface area (Å²) in [6, 6.07) is 2.60. The molecule has 0 aromatic heterocycles. The molecule has 3 heteroatoms. The van der Waals surface area contributed by atoms with Crippen LogP contribution in [0.25, 0.3) is 0 Å². The summed E-state index contributed by atoms with van der Waals surface area (Å²) in [4.78, 5) is 2.47. The number of nitrogens with zero attached hydrogens (tertiary/aromatic N) is 2. The van der Waals surface area contributed by atoms with Crippen molar-refractivity contribution in [3.05, 3.63) is 0 Å². The van der Waals surface area contributed by atoms with Crippen LogP contribution in [0.3, 0.4) is 0 Å². The Morgan fingerprint density at radius 3 is 2.26 bits per heavy atom. The molecule has 1 saturated carbocycles. The lowest BCUT2D eigenvalue weighted by Crippen LogP contribution is -2.55. The Hall–Kier alpha value is -0.590. The topological polar surface area (TPSA) is 39.1 Å². The number of nitriles is 1. The predicted octanol–water partition coefficient (Wildman–Crippen LogP) is 3.03. The summed E-state index contributed by atoms with van der Waals surface area (Å²) in [7, 11) is 0. The highest BCUT2D eigenvalue weighted by atomic mass is 15.2. The van der Waals surface area contributed by atoms with Crippen molar-refractivity contribution >= 4 is 0 Å². The zero-order valence-corrected chi connectivity index (χ0v) is 13.2. The molecule has 19 heavy (non-hydrogen) atoms. The molecular formula is C16H31N3. The zero-order chi connectivity index (χ0) is 14.3. The van der Waals surface area contributed by atoms with Crippen LogP contribution in [0.1, 0.15) is 53.4 Å². The molecule has 110 valence electrons. The van der Waals surface area contributed by atoms with Crippen molar-refractivity contribution in [2.24, 2.45) is 11.8 Å². The van der Waals surface area contributed by atoms with E-state index < -0.39 is 0 Å². The molecule has 0 amide bonds.